The third-order valence-electron chi connectivity index (χ3n) is 5.95. The molecule has 4 unspecified atom stereocenters. The van der Waals surface area contributed by atoms with Gasteiger partial charge >= 0.3 is 5.97 Å². The van der Waals surface area contributed by atoms with E-state index >= 15 is 0 Å². The molecule has 37 heavy (non-hydrogen) atoms. The molecule has 8 N–H and O–H groups in total. The van der Waals surface area contributed by atoms with Crippen molar-refractivity contribution in [3.8, 4) is 11.5 Å². The second-order valence-corrected chi connectivity index (χ2v) is 8.90. The summed E-state index contributed by atoms with van der Waals surface area (Å²) in [5, 5.41) is 35.7. The zero-order valence-corrected chi connectivity index (χ0v) is 20.8. The highest BCUT2D eigenvalue weighted by Gasteiger charge is 2.29. The predicted molar refractivity (Wildman–Crippen MR) is 136 cm³/mol. The van der Waals surface area contributed by atoms with Crippen LogP contribution in [0.5, 0.6) is 11.5 Å². The number of benzene rings is 2. The van der Waals surface area contributed by atoms with Gasteiger partial charge in [0.25, 0.3) is 0 Å². The maximum absolute atomic E-state index is 12.8. The van der Waals surface area contributed by atoms with Crippen LogP contribution in [0.4, 0.5) is 0 Å². The molecule has 0 aromatic heterocycles. The molecule has 0 bridgehead atoms. The van der Waals surface area contributed by atoms with Crippen LogP contribution >= 0.6 is 0 Å². The molecule has 0 heterocycles. The number of nitrogens with one attached hydrogen (secondary N) is 3. The summed E-state index contributed by atoms with van der Waals surface area (Å²) < 4.78 is 0. The molecule has 0 saturated heterocycles. The first-order valence-electron chi connectivity index (χ1n) is 11.9. The number of aliphatic carboxylic acids is 1. The Bertz CT molecular complexity index is 1070. The molecule has 0 aliphatic carbocycles. The van der Waals surface area contributed by atoms with E-state index in [1.165, 1.54) is 24.3 Å². The van der Waals surface area contributed by atoms with Crippen LogP contribution in [0.1, 0.15) is 31.4 Å². The Labute approximate surface area is 215 Å². The lowest BCUT2D eigenvalue weighted by atomic mass is 9.97. The third-order valence-corrected chi connectivity index (χ3v) is 5.95. The van der Waals surface area contributed by atoms with E-state index in [1.54, 1.807) is 31.2 Å². The Morgan fingerprint density at radius 1 is 0.838 bits per heavy atom. The SMILES string of the molecule is CCC(C)C(NC(=O)C(N)Cc1ccc(O)cc1)C(=O)NCC(=O)NC(Cc1ccc(O)cc1)C(=O)O. The van der Waals surface area contributed by atoms with Gasteiger partial charge in [0.15, 0.2) is 0 Å². The molecule has 11 nitrogen and oxygen atoms in total. The molecule has 0 saturated carbocycles. The molecule has 0 radical (unpaired) electrons. The lowest BCUT2D eigenvalue weighted by Crippen LogP contribution is -2.56. The Morgan fingerprint density at radius 3 is 1.84 bits per heavy atom. The number of hydrogen-bond acceptors (Lipinski definition) is 7. The fourth-order valence-electron chi connectivity index (χ4n) is 3.53. The molecule has 11 heteroatoms. The summed E-state index contributed by atoms with van der Waals surface area (Å²) in [6.07, 6.45) is 0.742. The number of carboxylic acids is 1. The molecule has 0 aliphatic heterocycles. The number of carboxylic acid groups (broad SMARTS) is 1. The molecule has 4 atom stereocenters. The number of aromatic hydroxyl groups is 2. The van der Waals surface area contributed by atoms with E-state index in [0.717, 1.165) is 5.56 Å². The molecule has 0 fully saturated rings. The lowest BCUT2D eigenvalue weighted by Gasteiger charge is -2.25. The predicted octanol–water partition coefficient (Wildman–Crippen LogP) is 0.427. The van der Waals surface area contributed by atoms with Gasteiger partial charge in [0.2, 0.25) is 17.7 Å². The van der Waals surface area contributed by atoms with Crippen LogP contribution in [0, 0.1) is 5.92 Å². The van der Waals surface area contributed by atoms with E-state index in [0.29, 0.717) is 12.0 Å². The Balaban J connectivity index is 1.94. The number of phenolic OH excluding ortho intramolecular Hbond substituents is 2. The summed E-state index contributed by atoms with van der Waals surface area (Å²) in [7, 11) is 0. The van der Waals surface area contributed by atoms with Gasteiger partial charge in [-0.1, -0.05) is 44.5 Å². The monoisotopic (exact) mass is 514 g/mol. The highest BCUT2D eigenvalue weighted by Crippen LogP contribution is 2.13. The fraction of sp³-hybridized carbons (Fsp3) is 0.385. The van der Waals surface area contributed by atoms with Crippen LogP contribution in [0.15, 0.2) is 48.5 Å². The van der Waals surface area contributed by atoms with Crippen LogP contribution in [0.3, 0.4) is 0 Å². The van der Waals surface area contributed by atoms with Crippen molar-refractivity contribution in [2.45, 2.75) is 51.2 Å². The lowest BCUT2D eigenvalue weighted by molar-refractivity contribution is -0.141. The quantitative estimate of drug-likeness (QED) is 0.200. The minimum absolute atomic E-state index is 0.0141. The number of amides is 3. The van der Waals surface area contributed by atoms with Gasteiger partial charge in [0.1, 0.15) is 23.6 Å². The first-order chi connectivity index (χ1) is 17.5. The van der Waals surface area contributed by atoms with Crippen LogP contribution in [-0.2, 0) is 32.0 Å². The molecule has 0 spiro atoms. The Morgan fingerprint density at radius 2 is 1.35 bits per heavy atom. The maximum atomic E-state index is 12.8. The standard InChI is InChI=1S/C26H34N4O7/c1-3-15(2)23(30-24(34)20(27)12-16-4-8-18(31)9-5-16)25(35)28-14-22(33)29-21(26(36)37)13-17-6-10-19(32)11-7-17/h4-11,15,20-21,23,31-32H,3,12-14,27H2,1-2H3,(H,28,35)(H,29,33)(H,30,34)(H,36,37). The topological polar surface area (TPSA) is 191 Å². The van der Waals surface area contributed by atoms with Gasteiger partial charge in [-0.3, -0.25) is 14.4 Å². The molecule has 3 amide bonds. The van der Waals surface area contributed by atoms with Gasteiger partial charge in [0, 0.05) is 6.42 Å². The van der Waals surface area contributed by atoms with E-state index in [-0.39, 0.29) is 30.3 Å². The molecular formula is C26H34N4O7. The number of rotatable bonds is 13. The van der Waals surface area contributed by atoms with Crippen LogP contribution in [-0.4, -0.2) is 63.7 Å². The first kappa shape index (κ1) is 29.1. The van der Waals surface area contributed by atoms with Crippen molar-refractivity contribution < 1.29 is 34.5 Å². The van der Waals surface area contributed by atoms with Crippen molar-refractivity contribution in [1.82, 2.24) is 16.0 Å². The molecule has 2 rings (SSSR count). The molecular weight excluding hydrogens is 480 g/mol. The molecule has 0 aliphatic rings. The Kier molecular flexibility index (Phi) is 10.9. The zero-order chi connectivity index (χ0) is 27.5. The summed E-state index contributed by atoms with van der Waals surface area (Å²) >= 11 is 0. The largest absolute Gasteiger partial charge is 0.508 e. The fourth-order valence-corrected chi connectivity index (χ4v) is 3.53. The van der Waals surface area contributed by atoms with Crippen molar-refractivity contribution >= 4 is 23.7 Å². The maximum Gasteiger partial charge on any atom is 0.326 e. The highest BCUT2D eigenvalue weighted by molar-refractivity contribution is 5.92. The second kappa shape index (κ2) is 13.8. The van der Waals surface area contributed by atoms with Gasteiger partial charge < -0.3 is 37.0 Å². The van der Waals surface area contributed by atoms with Crippen LogP contribution in [0.2, 0.25) is 0 Å². The molecule has 2 aromatic carbocycles. The minimum Gasteiger partial charge on any atom is -0.508 e. The van der Waals surface area contributed by atoms with Crippen LogP contribution < -0.4 is 21.7 Å². The van der Waals surface area contributed by atoms with Crippen molar-refractivity contribution in [3.05, 3.63) is 59.7 Å². The smallest absolute Gasteiger partial charge is 0.326 e. The average Bonchev–Trinajstić information content (AvgIpc) is 2.87. The van der Waals surface area contributed by atoms with Gasteiger partial charge in [-0.15, -0.1) is 0 Å². The van der Waals surface area contributed by atoms with E-state index in [1.807, 2.05) is 6.92 Å². The average molecular weight is 515 g/mol. The third kappa shape index (κ3) is 9.45. The van der Waals surface area contributed by atoms with E-state index in [4.69, 9.17) is 5.73 Å². The van der Waals surface area contributed by atoms with Gasteiger partial charge in [-0.25, -0.2) is 4.79 Å². The van der Waals surface area contributed by atoms with E-state index in [9.17, 15) is 34.5 Å². The van der Waals surface area contributed by atoms with Gasteiger partial charge in [-0.2, -0.15) is 0 Å². The van der Waals surface area contributed by atoms with Crippen LogP contribution in [0.25, 0.3) is 0 Å². The van der Waals surface area contributed by atoms with Gasteiger partial charge in [0.05, 0.1) is 12.6 Å². The summed E-state index contributed by atoms with van der Waals surface area (Å²) in [6, 6.07) is 9.05. The van der Waals surface area contributed by atoms with Crippen molar-refractivity contribution in [3.63, 3.8) is 0 Å². The summed E-state index contributed by atoms with van der Waals surface area (Å²) in [5.74, 6) is -3.24. The minimum atomic E-state index is -1.25. The number of carbonyl (C=O) groups is 4. The number of hydrogen-bond donors (Lipinski definition) is 7. The zero-order valence-electron chi connectivity index (χ0n) is 20.8. The highest BCUT2D eigenvalue weighted by atomic mass is 16.4. The Hall–Kier alpha value is -4.12. The van der Waals surface area contributed by atoms with E-state index in [2.05, 4.69) is 16.0 Å². The van der Waals surface area contributed by atoms with Crippen molar-refractivity contribution in [2.24, 2.45) is 11.7 Å². The number of carbonyl (C=O) groups excluding carboxylic acids is 3. The molecule has 200 valence electrons. The van der Waals surface area contributed by atoms with Crippen molar-refractivity contribution in [2.75, 3.05) is 6.54 Å². The second-order valence-electron chi connectivity index (χ2n) is 8.90. The normalized spacial score (nSPS) is 14.0. The van der Waals surface area contributed by atoms with Gasteiger partial charge in [-0.05, 0) is 47.7 Å². The number of phenols is 2. The summed E-state index contributed by atoms with van der Waals surface area (Å²) in [4.78, 5) is 49.5. The van der Waals surface area contributed by atoms with E-state index < -0.39 is 48.4 Å². The first-order valence-corrected chi connectivity index (χ1v) is 11.9. The number of nitrogens with two attached hydrogens (primary N) is 1. The summed E-state index contributed by atoms with van der Waals surface area (Å²) in [5.41, 5.74) is 7.35. The summed E-state index contributed by atoms with van der Waals surface area (Å²) in [6.45, 7) is 3.13. The van der Waals surface area contributed by atoms with Crippen molar-refractivity contribution in [1.29, 1.82) is 0 Å². The molecule has 2 aromatic rings.